The molecule has 0 rings (SSSR count). The van der Waals surface area contributed by atoms with Crippen LogP contribution in [0.25, 0.3) is 0 Å². The molecule has 22 heavy (non-hydrogen) atoms. The standard InChI is InChI=1S/C19H37NO2/c1-20-19(22)17-15-13-11-9-7-5-3-2-4-6-8-10-12-14-16-18-21/h18H,2-17H2,1H3,(H,20,22). The van der Waals surface area contributed by atoms with E-state index in [1.54, 1.807) is 7.05 Å². The van der Waals surface area contributed by atoms with Crippen LogP contribution in [0.1, 0.15) is 103 Å². The lowest BCUT2D eigenvalue weighted by Crippen LogP contribution is -2.16. The Kier molecular flexibility index (Phi) is 17.5. The van der Waals surface area contributed by atoms with E-state index >= 15 is 0 Å². The lowest BCUT2D eigenvalue weighted by molar-refractivity contribution is -0.120. The van der Waals surface area contributed by atoms with Gasteiger partial charge in [-0.25, -0.2) is 0 Å². The molecule has 0 aliphatic carbocycles. The zero-order chi connectivity index (χ0) is 16.3. The van der Waals surface area contributed by atoms with Gasteiger partial charge in [0.05, 0.1) is 0 Å². The summed E-state index contributed by atoms with van der Waals surface area (Å²) >= 11 is 0. The van der Waals surface area contributed by atoms with Gasteiger partial charge < -0.3 is 10.1 Å². The van der Waals surface area contributed by atoms with Gasteiger partial charge in [-0.05, 0) is 12.8 Å². The highest BCUT2D eigenvalue weighted by atomic mass is 16.1. The molecule has 3 heteroatoms. The van der Waals surface area contributed by atoms with Crippen LogP contribution in [0, 0.1) is 0 Å². The zero-order valence-electron chi connectivity index (χ0n) is 14.7. The molecule has 0 saturated heterocycles. The van der Waals surface area contributed by atoms with Gasteiger partial charge in [0.25, 0.3) is 0 Å². The first-order chi connectivity index (χ1) is 10.8. The second-order valence-electron chi connectivity index (χ2n) is 6.33. The van der Waals surface area contributed by atoms with Crippen molar-refractivity contribution in [2.45, 2.75) is 103 Å². The minimum Gasteiger partial charge on any atom is -0.359 e. The molecule has 0 bridgehead atoms. The highest BCUT2D eigenvalue weighted by Gasteiger charge is 1.97. The Balaban J connectivity index is 2.99. The van der Waals surface area contributed by atoms with E-state index < -0.39 is 0 Å². The largest absolute Gasteiger partial charge is 0.359 e. The Morgan fingerprint density at radius 1 is 0.682 bits per heavy atom. The summed E-state index contributed by atoms with van der Waals surface area (Å²) in [6.07, 6.45) is 20.4. The first-order valence-corrected chi connectivity index (χ1v) is 9.45. The number of hydrogen-bond donors (Lipinski definition) is 1. The Hall–Kier alpha value is -0.860. The maximum atomic E-state index is 11.0. The van der Waals surface area contributed by atoms with Crippen molar-refractivity contribution in [1.29, 1.82) is 0 Å². The third-order valence-electron chi connectivity index (χ3n) is 4.25. The summed E-state index contributed by atoms with van der Waals surface area (Å²) in [4.78, 5) is 21.2. The van der Waals surface area contributed by atoms with Crippen LogP contribution in [0.2, 0.25) is 0 Å². The topological polar surface area (TPSA) is 46.2 Å². The summed E-state index contributed by atoms with van der Waals surface area (Å²) < 4.78 is 0. The van der Waals surface area contributed by atoms with Gasteiger partial charge in [0.1, 0.15) is 6.29 Å². The number of unbranched alkanes of at least 4 members (excludes halogenated alkanes) is 14. The minimum atomic E-state index is 0.170. The van der Waals surface area contributed by atoms with Crippen LogP contribution in [-0.4, -0.2) is 19.2 Å². The second kappa shape index (κ2) is 18.2. The molecule has 0 fully saturated rings. The van der Waals surface area contributed by atoms with E-state index in [9.17, 15) is 9.59 Å². The van der Waals surface area contributed by atoms with Crippen molar-refractivity contribution < 1.29 is 9.59 Å². The quantitative estimate of drug-likeness (QED) is 0.297. The first kappa shape index (κ1) is 21.1. The maximum Gasteiger partial charge on any atom is 0.219 e. The van der Waals surface area contributed by atoms with Gasteiger partial charge in [-0.2, -0.15) is 0 Å². The normalized spacial score (nSPS) is 10.6. The van der Waals surface area contributed by atoms with E-state index in [2.05, 4.69) is 5.32 Å². The molecule has 3 nitrogen and oxygen atoms in total. The van der Waals surface area contributed by atoms with Crippen molar-refractivity contribution in [2.75, 3.05) is 7.05 Å². The average molecular weight is 312 g/mol. The van der Waals surface area contributed by atoms with Crippen molar-refractivity contribution in [3.8, 4) is 0 Å². The molecular weight excluding hydrogens is 274 g/mol. The number of carbonyl (C=O) groups is 2. The molecule has 0 aromatic rings. The summed E-state index contributed by atoms with van der Waals surface area (Å²) in [5, 5.41) is 2.66. The predicted octanol–water partition coefficient (Wildman–Crippen LogP) is 5.17. The molecule has 0 aliphatic heterocycles. The monoisotopic (exact) mass is 311 g/mol. The molecule has 0 aromatic carbocycles. The number of rotatable bonds is 17. The average Bonchev–Trinajstić information content (AvgIpc) is 2.54. The van der Waals surface area contributed by atoms with Crippen LogP contribution in [0.3, 0.4) is 0 Å². The fraction of sp³-hybridized carbons (Fsp3) is 0.895. The summed E-state index contributed by atoms with van der Waals surface area (Å²) in [6, 6.07) is 0. The highest BCUT2D eigenvalue weighted by Crippen LogP contribution is 2.13. The molecule has 0 unspecified atom stereocenters. The van der Waals surface area contributed by atoms with E-state index in [1.807, 2.05) is 0 Å². The number of aldehydes is 1. The van der Waals surface area contributed by atoms with Gasteiger partial charge in [0, 0.05) is 19.9 Å². The summed E-state index contributed by atoms with van der Waals surface area (Å²) in [7, 11) is 1.70. The van der Waals surface area contributed by atoms with Gasteiger partial charge in [-0.3, -0.25) is 4.79 Å². The molecule has 0 heterocycles. The second-order valence-corrected chi connectivity index (χ2v) is 6.33. The summed E-state index contributed by atoms with van der Waals surface area (Å²) in [6.45, 7) is 0. The smallest absolute Gasteiger partial charge is 0.219 e. The summed E-state index contributed by atoms with van der Waals surface area (Å²) in [5.74, 6) is 0.170. The third-order valence-corrected chi connectivity index (χ3v) is 4.25. The predicted molar refractivity (Wildman–Crippen MR) is 94.0 cm³/mol. The molecule has 0 aliphatic rings. The van der Waals surface area contributed by atoms with Crippen LogP contribution in [0.15, 0.2) is 0 Å². The van der Waals surface area contributed by atoms with Crippen molar-refractivity contribution >= 4 is 12.2 Å². The lowest BCUT2D eigenvalue weighted by Gasteiger charge is -2.03. The number of nitrogens with one attached hydrogen (secondary N) is 1. The Labute approximate surface area is 137 Å². The third kappa shape index (κ3) is 17.2. The Bertz CT molecular complexity index is 254. The van der Waals surface area contributed by atoms with Crippen molar-refractivity contribution in [2.24, 2.45) is 0 Å². The maximum absolute atomic E-state index is 11.0. The van der Waals surface area contributed by atoms with Crippen LogP contribution in [0.5, 0.6) is 0 Å². The minimum absolute atomic E-state index is 0.170. The van der Waals surface area contributed by atoms with Crippen LogP contribution < -0.4 is 5.32 Å². The van der Waals surface area contributed by atoms with Crippen LogP contribution in [0.4, 0.5) is 0 Å². The molecule has 1 N–H and O–H groups in total. The molecule has 0 radical (unpaired) electrons. The Morgan fingerprint density at radius 3 is 1.41 bits per heavy atom. The molecule has 0 aromatic heterocycles. The van der Waals surface area contributed by atoms with Gasteiger partial charge in [0.15, 0.2) is 0 Å². The lowest BCUT2D eigenvalue weighted by atomic mass is 10.0. The van der Waals surface area contributed by atoms with Crippen molar-refractivity contribution in [3.63, 3.8) is 0 Å². The fourth-order valence-corrected chi connectivity index (χ4v) is 2.76. The zero-order valence-corrected chi connectivity index (χ0v) is 14.7. The molecule has 130 valence electrons. The fourth-order valence-electron chi connectivity index (χ4n) is 2.76. The highest BCUT2D eigenvalue weighted by molar-refractivity contribution is 5.75. The molecular formula is C19H37NO2. The van der Waals surface area contributed by atoms with E-state index in [0.717, 1.165) is 25.5 Å². The SMILES string of the molecule is CNC(=O)CCCCCCCCCCCCCCCCC=O. The van der Waals surface area contributed by atoms with E-state index in [-0.39, 0.29) is 5.91 Å². The van der Waals surface area contributed by atoms with Crippen molar-refractivity contribution in [3.05, 3.63) is 0 Å². The van der Waals surface area contributed by atoms with Gasteiger partial charge >= 0.3 is 0 Å². The van der Waals surface area contributed by atoms with Gasteiger partial charge in [-0.15, -0.1) is 0 Å². The summed E-state index contributed by atoms with van der Waals surface area (Å²) in [5.41, 5.74) is 0. The molecule has 0 saturated carbocycles. The van der Waals surface area contributed by atoms with E-state index in [4.69, 9.17) is 0 Å². The number of amides is 1. The van der Waals surface area contributed by atoms with Gasteiger partial charge in [0.2, 0.25) is 5.91 Å². The molecule has 0 spiro atoms. The van der Waals surface area contributed by atoms with Gasteiger partial charge in [-0.1, -0.05) is 77.0 Å². The van der Waals surface area contributed by atoms with E-state index in [1.165, 1.54) is 77.0 Å². The van der Waals surface area contributed by atoms with Crippen molar-refractivity contribution in [1.82, 2.24) is 5.32 Å². The van der Waals surface area contributed by atoms with Crippen LogP contribution >= 0.6 is 0 Å². The molecule has 0 atom stereocenters. The van der Waals surface area contributed by atoms with E-state index in [0.29, 0.717) is 6.42 Å². The molecule has 1 amide bonds. The first-order valence-electron chi connectivity index (χ1n) is 9.45. The Morgan fingerprint density at radius 2 is 1.05 bits per heavy atom. The number of hydrogen-bond acceptors (Lipinski definition) is 2. The van der Waals surface area contributed by atoms with Crippen LogP contribution in [-0.2, 0) is 9.59 Å². The number of carbonyl (C=O) groups excluding carboxylic acids is 2.